The number of aliphatic hydroxyl groups excluding tert-OH is 1. The Morgan fingerprint density at radius 3 is 0.785 bits per heavy atom. The summed E-state index contributed by atoms with van der Waals surface area (Å²) in [5, 5.41) is 10.6. The molecule has 0 spiro atoms. The van der Waals surface area contributed by atoms with Gasteiger partial charge < -0.3 is 33.8 Å². The fourth-order valence-electron chi connectivity index (χ4n) is 10.9. The number of rotatable bonds is 73. The smallest absolute Gasteiger partial charge is 0.462 e. The summed E-state index contributed by atoms with van der Waals surface area (Å²) in [6, 6.07) is 0. The molecular weight excluding hydrogens is 1220 g/mol. The molecule has 3 N–H and O–H groups in total. The van der Waals surface area contributed by atoms with E-state index in [2.05, 4.69) is 52.0 Å². The molecule has 0 fully saturated rings. The second kappa shape index (κ2) is 68.1. The summed E-state index contributed by atoms with van der Waals surface area (Å²) in [7, 11) is -9.92. The van der Waals surface area contributed by atoms with Gasteiger partial charge in [-0.05, 0) is 51.4 Å². The molecular formula is C74H140O17P2. The molecule has 0 aliphatic rings. The Labute approximate surface area is 567 Å². The highest BCUT2D eigenvalue weighted by molar-refractivity contribution is 7.47. The van der Waals surface area contributed by atoms with E-state index in [0.717, 1.165) is 103 Å². The predicted molar refractivity (Wildman–Crippen MR) is 377 cm³/mol. The number of phosphoric acid groups is 2. The Morgan fingerprint density at radius 2 is 0.516 bits per heavy atom. The normalized spacial score (nSPS) is 14.1. The molecule has 17 nitrogen and oxygen atoms in total. The van der Waals surface area contributed by atoms with E-state index in [9.17, 15) is 43.2 Å². The van der Waals surface area contributed by atoms with E-state index in [1.165, 1.54) is 186 Å². The van der Waals surface area contributed by atoms with Gasteiger partial charge in [-0.3, -0.25) is 37.3 Å². The van der Waals surface area contributed by atoms with E-state index in [4.69, 9.17) is 37.0 Å². The first-order chi connectivity index (χ1) is 45.2. The zero-order chi connectivity index (χ0) is 68.2. The number of ether oxygens (including phenoxy) is 4. The SMILES string of the molecule is CCCCCC/C=C\C=C/CCCCCCCC(=O)O[C@H](COC(=O)CCCCCCCCCCCCCCCC)COP(=O)(O)OC[C@@H](O)COP(=O)(O)OC[C@@H](COC(=O)CCCCCCCCCCCC)OC(=O)CCCCCCCCCCCCCCCC. The van der Waals surface area contributed by atoms with Gasteiger partial charge in [0.15, 0.2) is 12.2 Å². The third-order valence-corrected chi connectivity index (χ3v) is 18.6. The Kier molecular flexibility index (Phi) is 66.3. The van der Waals surface area contributed by atoms with E-state index < -0.39 is 97.5 Å². The van der Waals surface area contributed by atoms with E-state index in [0.29, 0.717) is 25.7 Å². The second-order valence-corrected chi connectivity index (χ2v) is 28.9. The van der Waals surface area contributed by atoms with Crippen molar-refractivity contribution in [3.63, 3.8) is 0 Å². The minimum atomic E-state index is -4.96. The third-order valence-electron chi connectivity index (χ3n) is 16.7. The van der Waals surface area contributed by atoms with Crippen LogP contribution in [-0.2, 0) is 65.4 Å². The van der Waals surface area contributed by atoms with Crippen molar-refractivity contribution in [1.29, 1.82) is 0 Å². The summed E-state index contributed by atoms with van der Waals surface area (Å²) >= 11 is 0. The molecule has 0 bridgehead atoms. The standard InChI is InChI=1S/C74H140O17P2/c1-5-9-13-17-21-25-29-32-35-38-41-45-49-53-57-61-74(79)91-70(65-85-72(77)59-55-51-47-43-39-36-33-30-26-22-18-14-10-6-2)67-89-93(82,83)87-63-68(75)62-86-92(80,81)88-66-69(64-84-71(76)58-54-50-46-42-28-24-20-16-12-8-4)90-73(78)60-56-52-48-44-40-37-34-31-27-23-19-15-11-7-3/h25,29,32,35,68-70,75H,5-24,26-28,30-31,33-34,36-67H2,1-4H3,(H,80,81)(H,82,83)/b29-25-,35-32-/t68-,69+,70+/m0/s1. The monoisotopic (exact) mass is 1360 g/mol. The average molecular weight is 1360 g/mol. The van der Waals surface area contributed by atoms with Crippen molar-refractivity contribution in [2.24, 2.45) is 0 Å². The summed E-state index contributed by atoms with van der Waals surface area (Å²) in [6.45, 7) is 4.91. The Morgan fingerprint density at radius 1 is 0.301 bits per heavy atom. The van der Waals surface area contributed by atoms with Crippen molar-refractivity contribution in [1.82, 2.24) is 0 Å². The first-order valence-corrected chi connectivity index (χ1v) is 41.1. The van der Waals surface area contributed by atoms with Crippen molar-refractivity contribution in [3.05, 3.63) is 24.3 Å². The largest absolute Gasteiger partial charge is 0.472 e. The van der Waals surface area contributed by atoms with E-state index in [-0.39, 0.29) is 25.7 Å². The molecule has 5 atom stereocenters. The zero-order valence-electron chi connectivity index (χ0n) is 59.7. The van der Waals surface area contributed by atoms with E-state index >= 15 is 0 Å². The fraction of sp³-hybridized carbons (Fsp3) is 0.892. The first-order valence-electron chi connectivity index (χ1n) is 38.1. The molecule has 0 aromatic heterocycles. The molecule has 93 heavy (non-hydrogen) atoms. The van der Waals surface area contributed by atoms with Crippen LogP contribution in [0.15, 0.2) is 24.3 Å². The molecule has 0 aliphatic carbocycles. The van der Waals surface area contributed by atoms with Crippen molar-refractivity contribution < 1.29 is 80.2 Å². The molecule has 0 aromatic rings. The van der Waals surface area contributed by atoms with Crippen LogP contribution in [0.25, 0.3) is 0 Å². The van der Waals surface area contributed by atoms with Crippen LogP contribution in [0.4, 0.5) is 0 Å². The quantitative estimate of drug-likeness (QED) is 0.0169. The molecule has 2 unspecified atom stereocenters. The summed E-state index contributed by atoms with van der Waals surface area (Å²) in [6.07, 6.45) is 60.2. The predicted octanol–water partition coefficient (Wildman–Crippen LogP) is 21.4. The van der Waals surface area contributed by atoms with Gasteiger partial charge in [0.1, 0.15) is 19.3 Å². The molecule has 0 radical (unpaired) electrons. The molecule has 0 amide bonds. The van der Waals surface area contributed by atoms with Crippen LogP contribution in [0.1, 0.15) is 368 Å². The van der Waals surface area contributed by atoms with Gasteiger partial charge in [-0.2, -0.15) is 0 Å². The summed E-state index contributed by atoms with van der Waals surface area (Å²) < 4.78 is 68.4. The van der Waals surface area contributed by atoms with Gasteiger partial charge in [0, 0.05) is 25.7 Å². The Bertz CT molecular complexity index is 1870. The van der Waals surface area contributed by atoms with Crippen LogP contribution in [-0.4, -0.2) is 96.7 Å². The number of unbranched alkanes of at least 4 members (excludes halogenated alkanes) is 44. The number of hydrogen-bond acceptors (Lipinski definition) is 15. The van der Waals surface area contributed by atoms with Crippen LogP contribution in [0.3, 0.4) is 0 Å². The lowest BCUT2D eigenvalue weighted by atomic mass is 10.0. The van der Waals surface area contributed by atoms with Crippen LogP contribution in [0.5, 0.6) is 0 Å². The number of esters is 4. The number of hydrogen-bond donors (Lipinski definition) is 3. The molecule has 0 heterocycles. The number of carbonyl (C=O) groups is 4. The molecule has 548 valence electrons. The molecule has 0 aliphatic heterocycles. The van der Waals surface area contributed by atoms with Gasteiger partial charge in [0.2, 0.25) is 0 Å². The number of carbonyl (C=O) groups excluding carboxylic acids is 4. The summed E-state index contributed by atoms with van der Waals surface area (Å²) in [5.41, 5.74) is 0. The number of allylic oxidation sites excluding steroid dienone is 4. The van der Waals surface area contributed by atoms with Crippen LogP contribution >= 0.6 is 15.6 Å². The highest BCUT2D eigenvalue weighted by Crippen LogP contribution is 2.45. The van der Waals surface area contributed by atoms with Gasteiger partial charge in [0.25, 0.3) is 0 Å². The topological polar surface area (TPSA) is 237 Å². The summed E-state index contributed by atoms with van der Waals surface area (Å²) in [4.78, 5) is 72.7. The van der Waals surface area contributed by atoms with Crippen LogP contribution < -0.4 is 0 Å². The lowest BCUT2D eigenvalue weighted by Crippen LogP contribution is -2.30. The first kappa shape index (κ1) is 90.5. The molecule has 0 saturated heterocycles. The highest BCUT2D eigenvalue weighted by Gasteiger charge is 2.30. The lowest BCUT2D eigenvalue weighted by Gasteiger charge is -2.21. The molecule has 0 aromatic carbocycles. The molecule has 0 rings (SSSR count). The molecule has 19 heteroatoms. The van der Waals surface area contributed by atoms with Crippen molar-refractivity contribution in [3.8, 4) is 0 Å². The van der Waals surface area contributed by atoms with Gasteiger partial charge in [-0.1, -0.05) is 315 Å². The second-order valence-electron chi connectivity index (χ2n) is 26.0. The maximum atomic E-state index is 13.1. The minimum Gasteiger partial charge on any atom is -0.462 e. The average Bonchev–Trinajstić information content (AvgIpc) is 3.76. The molecule has 0 saturated carbocycles. The van der Waals surface area contributed by atoms with Crippen LogP contribution in [0, 0.1) is 0 Å². The Balaban J connectivity index is 5.28. The van der Waals surface area contributed by atoms with E-state index in [1.54, 1.807) is 0 Å². The van der Waals surface area contributed by atoms with Crippen molar-refractivity contribution in [2.75, 3.05) is 39.6 Å². The number of phosphoric ester groups is 2. The number of aliphatic hydroxyl groups is 1. The maximum absolute atomic E-state index is 13.1. The highest BCUT2D eigenvalue weighted by atomic mass is 31.2. The van der Waals surface area contributed by atoms with Crippen LogP contribution in [0.2, 0.25) is 0 Å². The fourth-order valence-corrected chi connectivity index (χ4v) is 12.4. The lowest BCUT2D eigenvalue weighted by molar-refractivity contribution is -0.161. The van der Waals surface area contributed by atoms with Gasteiger partial charge in [0.05, 0.1) is 26.4 Å². The third kappa shape index (κ3) is 67.9. The Hall–Kier alpha value is -2.46. The van der Waals surface area contributed by atoms with Gasteiger partial charge >= 0.3 is 39.5 Å². The maximum Gasteiger partial charge on any atom is 0.472 e. The minimum absolute atomic E-state index is 0.0860. The van der Waals surface area contributed by atoms with Gasteiger partial charge in [-0.15, -0.1) is 0 Å². The van der Waals surface area contributed by atoms with Crippen molar-refractivity contribution in [2.45, 2.75) is 386 Å². The summed E-state index contributed by atoms with van der Waals surface area (Å²) in [5.74, 6) is -2.14. The van der Waals surface area contributed by atoms with Crippen molar-refractivity contribution >= 4 is 39.5 Å². The van der Waals surface area contributed by atoms with Gasteiger partial charge in [-0.25, -0.2) is 9.13 Å². The van der Waals surface area contributed by atoms with E-state index in [1.807, 2.05) is 0 Å². The zero-order valence-corrected chi connectivity index (χ0v) is 61.5.